The molecule has 0 amide bonds. The van der Waals surface area contributed by atoms with E-state index in [1.807, 2.05) is 6.92 Å². The van der Waals surface area contributed by atoms with Gasteiger partial charge in [0.2, 0.25) is 0 Å². The lowest BCUT2D eigenvalue weighted by atomic mass is 10.0. The molecular weight excluding hydrogens is 310 g/mol. The van der Waals surface area contributed by atoms with E-state index in [9.17, 15) is 14.7 Å². The first-order valence-corrected chi connectivity index (χ1v) is 6.92. The van der Waals surface area contributed by atoms with Crippen molar-refractivity contribution in [2.24, 2.45) is 0 Å². The van der Waals surface area contributed by atoms with Gasteiger partial charge in [-0.3, -0.25) is 4.79 Å². The summed E-state index contributed by atoms with van der Waals surface area (Å²) in [6.07, 6.45) is 2.19. The molecule has 1 aromatic carbocycles. The Morgan fingerprint density at radius 1 is 1.42 bits per heavy atom. The molecule has 0 aliphatic rings. The van der Waals surface area contributed by atoms with Crippen LogP contribution in [0.2, 0.25) is 0 Å². The number of hydrogen-bond acceptors (Lipinski definition) is 2. The zero-order chi connectivity index (χ0) is 14.0. The highest BCUT2D eigenvalue weighted by Gasteiger charge is 2.17. The van der Waals surface area contributed by atoms with Crippen molar-refractivity contribution >= 4 is 32.8 Å². The minimum Gasteiger partial charge on any atom is -0.477 e. The van der Waals surface area contributed by atoms with E-state index in [2.05, 4.69) is 20.9 Å². The minimum absolute atomic E-state index is 0.00199. The quantitative estimate of drug-likeness (QED) is 0.906. The van der Waals surface area contributed by atoms with E-state index in [4.69, 9.17) is 0 Å². The third kappa shape index (κ3) is 2.56. The lowest BCUT2D eigenvalue weighted by Crippen LogP contribution is -2.18. The molecule has 0 radical (unpaired) electrons. The van der Waals surface area contributed by atoms with Crippen molar-refractivity contribution in [3.05, 3.63) is 44.2 Å². The number of aromatic nitrogens is 1. The van der Waals surface area contributed by atoms with Crippen LogP contribution < -0.4 is 5.43 Å². The molecule has 0 fully saturated rings. The highest BCUT2D eigenvalue weighted by atomic mass is 79.9. The number of rotatable bonds is 4. The summed E-state index contributed by atoms with van der Waals surface area (Å²) in [6.45, 7) is 2.01. The molecule has 2 N–H and O–H groups in total. The van der Waals surface area contributed by atoms with Crippen LogP contribution in [-0.4, -0.2) is 16.1 Å². The topological polar surface area (TPSA) is 70.2 Å². The number of fused-ring (bicyclic) bond motifs is 1. The fourth-order valence-electron chi connectivity index (χ4n) is 2.09. The maximum absolute atomic E-state index is 12.4. The van der Waals surface area contributed by atoms with Crippen molar-refractivity contribution in [1.82, 2.24) is 4.98 Å². The fraction of sp³-hybridized carbons (Fsp3) is 0.286. The summed E-state index contributed by atoms with van der Waals surface area (Å²) >= 11 is 3.33. The van der Waals surface area contributed by atoms with Gasteiger partial charge in [0, 0.05) is 15.4 Å². The van der Waals surface area contributed by atoms with Crippen LogP contribution in [0, 0.1) is 0 Å². The van der Waals surface area contributed by atoms with Gasteiger partial charge in [-0.2, -0.15) is 0 Å². The first-order chi connectivity index (χ1) is 9.06. The SMILES string of the molecule is CCCCc1c(C(=O)O)[nH]c2c(Br)cccc2c1=O. The van der Waals surface area contributed by atoms with Crippen molar-refractivity contribution in [3.63, 3.8) is 0 Å². The second-order valence-corrected chi connectivity index (χ2v) is 5.23. The highest BCUT2D eigenvalue weighted by Crippen LogP contribution is 2.21. The number of para-hydroxylation sites is 1. The molecule has 100 valence electrons. The molecule has 19 heavy (non-hydrogen) atoms. The van der Waals surface area contributed by atoms with E-state index in [1.54, 1.807) is 18.2 Å². The number of aromatic carboxylic acids is 1. The zero-order valence-corrected chi connectivity index (χ0v) is 12.1. The van der Waals surface area contributed by atoms with Crippen molar-refractivity contribution in [2.45, 2.75) is 26.2 Å². The van der Waals surface area contributed by atoms with Crippen LogP contribution in [-0.2, 0) is 6.42 Å². The first-order valence-electron chi connectivity index (χ1n) is 6.13. The number of H-pyrrole nitrogens is 1. The van der Waals surface area contributed by atoms with Crippen molar-refractivity contribution < 1.29 is 9.90 Å². The normalized spacial score (nSPS) is 10.8. The van der Waals surface area contributed by atoms with Crippen molar-refractivity contribution in [1.29, 1.82) is 0 Å². The Hall–Kier alpha value is -1.62. The Bertz CT molecular complexity index is 691. The molecule has 4 nitrogen and oxygen atoms in total. The second kappa shape index (κ2) is 5.57. The molecule has 0 bridgehead atoms. The smallest absolute Gasteiger partial charge is 0.352 e. The van der Waals surface area contributed by atoms with Crippen LogP contribution in [0.3, 0.4) is 0 Å². The number of unbranched alkanes of at least 4 members (excludes halogenated alkanes) is 1. The Labute approximate surface area is 118 Å². The van der Waals surface area contributed by atoms with Crippen LogP contribution in [0.25, 0.3) is 10.9 Å². The average Bonchev–Trinajstić information content (AvgIpc) is 2.38. The highest BCUT2D eigenvalue weighted by molar-refractivity contribution is 9.10. The van der Waals surface area contributed by atoms with Gasteiger partial charge in [-0.05, 0) is 40.9 Å². The molecule has 0 aliphatic heterocycles. The average molecular weight is 324 g/mol. The summed E-state index contributed by atoms with van der Waals surface area (Å²) < 4.78 is 0.687. The predicted molar refractivity (Wildman–Crippen MR) is 77.8 cm³/mol. The monoisotopic (exact) mass is 323 g/mol. The molecule has 2 aromatic rings. The van der Waals surface area contributed by atoms with Gasteiger partial charge in [0.05, 0.1) is 5.52 Å². The van der Waals surface area contributed by atoms with E-state index >= 15 is 0 Å². The third-order valence-corrected chi connectivity index (χ3v) is 3.74. The van der Waals surface area contributed by atoms with Gasteiger partial charge in [0.15, 0.2) is 5.43 Å². The number of pyridine rings is 1. The first kappa shape index (κ1) is 13.8. The van der Waals surface area contributed by atoms with Crippen LogP contribution in [0.15, 0.2) is 27.5 Å². The van der Waals surface area contributed by atoms with Crippen LogP contribution in [0.5, 0.6) is 0 Å². The summed E-state index contributed by atoms with van der Waals surface area (Å²) in [7, 11) is 0. The molecule has 0 saturated heterocycles. The van der Waals surface area contributed by atoms with Gasteiger partial charge in [0.1, 0.15) is 5.69 Å². The molecule has 1 heterocycles. The van der Waals surface area contributed by atoms with Gasteiger partial charge in [-0.15, -0.1) is 0 Å². The summed E-state index contributed by atoms with van der Waals surface area (Å²) in [5.41, 5.74) is 0.698. The lowest BCUT2D eigenvalue weighted by molar-refractivity contribution is 0.0689. The molecule has 5 heteroatoms. The maximum atomic E-state index is 12.4. The third-order valence-electron chi connectivity index (χ3n) is 3.08. The number of halogens is 1. The van der Waals surface area contributed by atoms with Gasteiger partial charge in [0.25, 0.3) is 0 Å². The number of benzene rings is 1. The van der Waals surface area contributed by atoms with Crippen LogP contribution in [0.4, 0.5) is 0 Å². The predicted octanol–water partition coefficient (Wildman–Crippen LogP) is 3.33. The molecule has 0 unspecified atom stereocenters. The Balaban J connectivity index is 2.78. The number of nitrogens with one attached hydrogen (secondary N) is 1. The van der Waals surface area contributed by atoms with Gasteiger partial charge >= 0.3 is 5.97 Å². The van der Waals surface area contributed by atoms with E-state index in [-0.39, 0.29) is 11.1 Å². The van der Waals surface area contributed by atoms with Crippen LogP contribution >= 0.6 is 15.9 Å². The van der Waals surface area contributed by atoms with Crippen molar-refractivity contribution in [3.8, 4) is 0 Å². The van der Waals surface area contributed by atoms with Gasteiger partial charge in [-0.25, -0.2) is 4.79 Å². The van der Waals surface area contributed by atoms with Gasteiger partial charge < -0.3 is 10.1 Å². The molecule has 2 rings (SSSR count). The molecule has 0 spiro atoms. The van der Waals surface area contributed by atoms with E-state index in [0.29, 0.717) is 27.4 Å². The molecule has 0 aliphatic carbocycles. The Kier molecular flexibility index (Phi) is 4.04. The minimum atomic E-state index is -1.10. The summed E-state index contributed by atoms with van der Waals surface area (Å²) in [5, 5.41) is 9.77. The summed E-state index contributed by atoms with van der Waals surface area (Å²) in [4.78, 5) is 26.6. The zero-order valence-electron chi connectivity index (χ0n) is 10.5. The molecule has 1 aromatic heterocycles. The molecule has 0 saturated carbocycles. The van der Waals surface area contributed by atoms with Crippen molar-refractivity contribution in [2.75, 3.05) is 0 Å². The Morgan fingerprint density at radius 2 is 2.16 bits per heavy atom. The summed E-state index contributed by atoms with van der Waals surface area (Å²) in [6, 6.07) is 5.25. The standard InChI is InChI=1S/C14H14BrNO3/c1-2-3-5-9-12(14(18)19)16-11-8(13(9)17)6-4-7-10(11)15/h4,6-7H,2-3,5H2,1H3,(H,16,17)(H,18,19). The maximum Gasteiger partial charge on any atom is 0.352 e. The van der Waals surface area contributed by atoms with E-state index in [1.165, 1.54) is 0 Å². The number of carboxylic acids is 1. The fourth-order valence-corrected chi connectivity index (χ4v) is 2.56. The van der Waals surface area contributed by atoms with Crippen LogP contribution in [0.1, 0.15) is 35.8 Å². The number of hydrogen-bond donors (Lipinski definition) is 2. The number of carboxylic acid groups (broad SMARTS) is 1. The van der Waals surface area contributed by atoms with E-state index in [0.717, 1.165) is 12.8 Å². The summed E-state index contributed by atoms with van der Waals surface area (Å²) in [5.74, 6) is -1.10. The molecule has 0 atom stereocenters. The number of aromatic amines is 1. The second-order valence-electron chi connectivity index (χ2n) is 4.38. The number of carbonyl (C=O) groups is 1. The molecular formula is C14H14BrNO3. The van der Waals surface area contributed by atoms with Gasteiger partial charge in [-0.1, -0.05) is 19.4 Å². The Morgan fingerprint density at radius 3 is 2.79 bits per heavy atom. The lowest BCUT2D eigenvalue weighted by Gasteiger charge is -2.08. The van der Waals surface area contributed by atoms with E-state index < -0.39 is 5.97 Å². The largest absolute Gasteiger partial charge is 0.477 e.